The second-order valence-corrected chi connectivity index (χ2v) is 6.80. The van der Waals surface area contributed by atoms with Crippen LogP contribution in [0.1, 0.15) is 35.7 Å². The fourth-order valence-electron chi connectivity index (χ4n) is 2.38. The molecule has 0 saturated carbocycles. The van der Waals surface area contributed by atoms with Gasteiger partial charge in [0.2, 0.25) is 0 Å². The van der Waals surface area contributed by atoms with E-state index in [1.165, 1.54) is 15.4 Å². The lowest BCUT2D eigenvalue weighted by molar-refractivity contribution is 0.775. The molecule has 1 aromatic heterocycles. The first-order valence-electron chi connectivity index (χ1n) is 8.81. The molecule has 1 aromatic carbocycles. The molecule has 2 N–H and O–H groups in total. The topological polar surface area (TPSA) is 49.3 Å². The summed E-state index contributed by atoms with van der Waals surface area (Å²) in [5.74, 6) is 0.901. The van der Waals surface area contributed by atoms with Gasteiger partial charge < -0.3 is 10.6 Å². The standard InChI is InChI=1S/C19H28N4S.HI/c1-3-17-15-23-18(24-17)12-14-22-19(20-4-2)21-13-8-11-16-9-6-5-7-10-16;/h5-7,9-10,15H,3-4,8,11-14H2,1-2H3,(H2,20,21,22);1H. The maximum Gasteiger partial charge on any atom is 0.191 e. The van der Waals surface area contributed by atoms with E-state index < -0.39 is 0 Å². The van der Waals surface area contributed by atoms with Gasteiger partial charge in [-0.2, -0.15) is 0 Å². The third kappa shape index (κ3) is 8.67. The number of aromatic nitrogens is 1. The Kier molecular flexibility index (Phi) is 11.5. The zero-order valence-corrected chi connectivity index (χ0v) is 18.3. The van der Waals surface area contributed by atoms with E-state index in [0.717, 1.165) is 51.3 Å². The van der Waals surface area contributed by atoms with Crippen LogP contribution in [0.3, 0.4) is 0 Å². The summed E-state index contributed by atoms with van der Waals surface area (Å²) < 4.78 is 0. The van der Waals surface area contributed by atoms with Gasteiger partial charge >= 0.3 is 0 Å². The van der Waals surface area contributed by atoms with Crippen molar-refractivity contribution >= 4 is 41.3 Å². The SMILES string of the molecule is CCNC(=NCCCc1ccccc1)NCCc1ncc(CC)s1.I. The van der Waals surface area contributed by atoms with Crippen LogP contribution < -0.4 is 10.6 Å². The Hall–Kier alpha value is -1.15. The van der Waals surface area contributed by atoms with Gasteiger partial charge in [-0.25, -0.2) is 4.98 Å². The van der Waals surface area contributed by atoms with Crippen LogP contribution >= 0.6 is 35.3 Å². The van der Waals surface area contributed by atoms with E-state index in [1.54, 1.807) is 11.3 Å². The zero-order valence-electron chi connectivity index (χ0n) is 15.1. The van der Waals surface area contributed by atoms with E-state index in [4.69, 9.17) is 0 Å². The second kappa shape index (κ2) is 13.1. The summed E-state index contributed by atoms with van der Waals surface area (Å²) in [6.07, 6.45) is 6.13. The fourth-order valence-corrected chi connectivity index (χ4v) is 3.24. The number of rotatable bonds is 9. The van der Waals surface area contributed by atoms with Crippen LogP contribution in [0.4, 0.5) is 0 Å². The first-order valence-corrected chi connectivity index (χ1v) is 9.63. The molecule has 0 amide bonds. The van der Waals surface area contributed by atoms with Crippen LogP contribution in [0.5, 0.6) is 0 Å². The molecule has 0 spiro atoms. The Labute approximate surface area is 172 Å². The van der Waals surface area contributed by atoms with Crippen molar-refractivity contribution in [1.29, 1.82) is 0 Å². The highest BCUT2D eigenvalue weighted by Gasteiger charge is 2.02. The molecule has 0 aliphatic heterocycles. The Morgan fingerprint density at radius 3 is 2.60 bits per heavy atom. The zero-order chi connectivity index (χ0) is 17.0. The summed E-state index contributed by atoms with van der Waals surface area (Å²) in [4.78, 5) is 10.5. The average Bonchev–Trinajstić information content (AvgIpc) is 3.07. The Morgan fingerprint density at radius 2 is 1.92 bits per heavy atom. The van der Waals surface area contributed by atoms with Crippen molar-refractivity contribution in [2.75, 3.05) is 19.6 Å². The molecule has 25 heavy (non-hydrogen) atoms. The number of aliphatic imine (C=N–C) groups is 1. The van der Waals surface area contributed by atoms with E-state index in [9.17, 15) is 0 Å². The number of nitrogens with zero attached hydrogens (tertiary/aromatic N) is 2. The summed E-state index contributed by atoms with van der Waals surface area (Å²) in [5.41, 5.74) is 1.38. The highest BCUT2D eigenvalue weighted by atomic mass is 127. The lowest BCUT2D eigenvalue weighted by Gasteiger charge is -2.10. The molecule has 0 aliphatic rings. The Bertz CT molecular complexity index is 613. The Balaban J connectivity index is 0.00000312. The van der Waals surface area contributed by atoms with Crippen molar-refractivity contribution in [1.82, 2.24) is 15.6 Å². The Morgan fingerprint density at radius 1 is 1.12 bits per heavy atom. The quantitative estimate of drug-likeness (QED) is 0.251. The van der Waals surface area contributed by atoms with Crippen molar-refractivity contribution in [2.45, 2.75) is 39.5 Å². The summed E-state index contributed by atoms with van der Waals surface area (Å²) in [6.45, 7) is 6.83. The van der Waals surface area contributed by atoms with Crippen LogP contribution in [-0.4, -0.2) is 30.6 Å². The minimum Gasteiger partial charge on any atom is -0.357 e. The number of hydrogen-bond acceptors (Lipinski definition) is 3. The number of nitrogens with one attached hydrogen (secondary N) is 2. The highest BCUT2D eigenvalue weighted by Crippen LogP contribution is 2.13. The van der Waals surface area contributed by atoms with E-state index in [2.05, 4.69) is 64.8 Å². The lowest BCUT2D eigenvalue weighted by Crippen LogP contribution is -2.38. The molecule has 0 saturated heterocycles. The molecule has 2 aromatic rings. The highest BCUT2D eigenvalue weighted by molar-refractivity contribution is 14.0. The number of thiazole rings is 1. The second-order valence-electron chi connectivity index (χ2n) is 5.60. The van der Waals surface area contributed by atoms with Crippen molar-refractivity contribution in [3.63, 3.8) is 0 Å². The number of aryl methyl sites for hydroxylation is 2. The van der Waals surface area contributed by atoms with E-state index in [-0.39, 0.29) is 24.0 Å². The van der Waals surface area contributed by atoms with Crippen LogP contribution in [0.2, 0.25) is 0 Å². The first-order chi connectivity index (χ1) is 11.8. The normalized spacial score (nSPS) is 11.0. The van der Waals surface area contributed by atoms with Gasteiger partial charge in [0.05, 0.1) is 5.01 Å². The molecule has 0 unspecified atom stereocenters. The van der Waals surface area contributed by atoms with Crippen LogP contribution in [-0.2, 0) is 19.3 Å². The predicted octanol–water partition coefficient (Wildman–Crippen LogP) is 4.05. The summed E-state index contributed by atoms with van der Waals surface area (Å²) in [5, 5.41) is 7.90. The number of guanidine groups is 1. The smallest absolute Gasteiger partial charge is 0.191 e. The number of benzene rings is 1. The third-order valence-corrected chi connectivity index (χ3v) is 4.86. The van der Waals surface area contributed by atoms with Crippen molar-refractivity contribution < 1.29 is 0 Å². The molecule has 0 bridgehead atoms. The fraction of sp³-hybridized carbons (Fsp3) is 0.474. The average molecular weight is 472 g/mol. The van der Waals surface area contributed by atoms with Crippen LogP contribution in [0, 0.1) is 0 Å². The minimum absolute atomic E-state index is 0. The maximum absolute atomic E-state index is 4.66. The molecular weight excluding hydrogens is 443 g/mol. The molecule has 2 rings (SSSR count). The molecule has 0 fully saturated rings. The van der Waals surface area contributed by atoms with Crippen molar-refractivity contribution in [3.05, 3.63) is 52.0 Å². The van der Waals surface area contributed by atoms with Crippen molar-refractivity contribution in [2.24, 2.45) is 4.99 Å². The molecule has 138 valence electrons. The van der Waals surface area contributed by atoms with Crippen molar-refractivity contribution in [3.8, 4) is 0 Å². The molecular formula is C19H29IN4S. The largest absolute Gasteiger partial charge is 0.357 e. The molecule has 6 heteroatoms. The molecule has 0 atom stereocenters. The van der Waals surface area contributed by atoms with Gasteiger partial charge in [-0.1, -0.05) is 37.3 Å². The molecule has 1 heterocycles. The van der Waals surface area contributed by atoms with Gasteiger partial charge in [-0.15, -0.1) is 35.3 Å². The molecule has 4 nitrogen and oxygen atoms in total. The minimum atomic E-state index is 0. The van der Waals surface area contributed by atoms with Gasteiger partial charge in [-0.05, 0) is 31.7 Å². The van der Waals surface area contributed by atoms with E-state index >= 15 is 0 Å². The molecule has 0 aliphatic carbocycles. The van der Waals surface area contributed by atoms with Gasteiger partial charge in [0.15, 0.2) is 5.96 Å². The summed E-state index contributed by atoms with van der Waals surface area (Å²) in [7, 11) is 0. The van der Waals surface area contributed by atoms with E-state index in [1.807, 2.05) is 6.20 Å². The van der Waals surface area contributed by atoms with Crippen LogP contribution in [0.15, 0.2) is 41.5 Å². The predicted molar refractivity (Wildman–Crippen MR) is 119 cm³/mol. The number of hydrogen-bond donors (Lipinski definition) is 2. The summed E-state index contributed by atoms with van der Waals surface area (Å²) >= 11 is 1.81. The lowest BCUT2D eigenvalue weighted by atomic mass is 10.1. The summed E-state index contributed by atoms with van der Waals surface area (Å²) in [6, 6.07) is 10.6. The van der Waals surface area contributed by atoms with Gasteiger partial charge in [-0.3, -0.25) is 4.99 Å². The van der Waals surface area contributed by atoms with Gasteiger partial charge in [0.1, 0.15) is 0 Å². The van der Waals surface area contributed by atoms with Gasteiger partial charge in [0, 0.05) is 37.1 Å². The van der Waals surface area contributed by atoms with E-state index in [0.29, 0.717) is 0 Å². The first kappa shape index (κ1) is 21.9. The number of halogens is 1. The van der Waals surface area contributed by atoms with Crippen LogP contribution in [0.25, 0.3) is 0 Å². The molecule has 0 radical (unpaired) electrons. The maximum atomic E-state index is 4.66. The third-order valence-electron chi connectivity index (χ3n) is 3.66. The van der Waals surface area contributed by atoms with Gasteiger partial charge in [0.25, 0.3) is 0 Å². The monoisotopic (exact) mass is 472 g/mol.